The Kier molecular flexibility index (Phi) is 5.39. The summed E-state index contributed by atoms with van der Waals surface area (Å²) in [5.41, 5.74) is 0.250. The lowest BCUT2D eigenvalue weighted by molar-refractivity contribution is -0.0945. The highest BCUT2D eigenvalue weighted by Gasteiger charge is 2.33. The summed E-state index contributed by atoms with van der Waals surface area (Å²) in [5.74, 6) is 0.974. The van der Waals surface area contributed by atoms with E-state index in [2.05, 4.69) is 30.7 Å². The van der Waals surface area contributed by atoms with Gasteiger partial charge in [-0.25, -0.2) is 0 Å². The summed E-state index contributed by atoms with van der Waals surface area (Å²) in [6, 6.07) is 0.584. The highest BCUT2D eigenvalue weighted by atomic mass is 32.2. The Bertz CT molecular complexity index is 318. The summed E-state index contributed by atoms with van der Waals surface area (Å²) in [7, 11) is 0. The first-order valence-corrected chi connectivity index (χ1v) is 8.59. The number of nitrogens with one attached hydrogen (secondary N) is 2. The summed E-state index contributed by atoms with van der Waals surface area (Å²) in [6.45, 7) is 7.80. The largest absolute Gasteiger partial charge is 0.380 e. The second-order valence-corrected chi connectivity index (χ2v) is 7.15. The van der Waals surface area contributed by atoms with Crippen LogP contribution in [0.4, 0.5) is 0 Å². The molecule has 1 heterocycles. The van der Waals surface area contributed by atoms with Crippen molar-refractivity contribution in [3.05, 3.63) is 0 Å². The molecule has 0 amide bonds. The van der Waals surface area contributed by atoms with Gasteiger partial charge in [0.15, 0.2) is 5.96 Å². The van der Waals surface area contributed by atoms with Crippen LogP contribution in [0.15, 0.2) is 4.99 Å². The van der Waals surface area contributed by atoms with Gasteiger partial charge in [-0.1, -0.05) is 6.92 Å². The zero-order chi connectivity index (χ0) is 13.7. The minimum absolute atomic E-state index is 0.250. The van der Waals surface area contributed by atoms with Crippen LogP contribution in [-0.4, -0.2) is 49.8 Å². The van der Waals surface area contributed by atoms with E-state index in [4.69, 9.17) is 9.73 Å². The highest BCUT2D eigenvalue weighted by molar-refractivity contribution is 7.99. The zero-order valence-corrected chi connectivity index (χ0v) is 13.2. The van der Waals surface area contributed by atoms with Crippen LogP contribution in [0, 0.1) is 5.41 Å². The van der Waals surface area contributed by atoms with Gasteiger partial charge in [-0.05, 0) is 32.4 Å². The molecule has 1 aliphatic heterocycles. The van der Waals surface area contributed by atoms with Crippen molar-refractivity contribution in [3.8, 4) is 0 Å². The van der Waals surface area contributed by atoms with Crippen molar-refractivity contribution in [2.45, 2.75) is 44.4 Å². The van der Waals surface area contributed by atoms with E-state index in [0.717, 1.165) is 37.5 Å². The van der Waals surface area contributed by atoms with Gasteiger partial charge in [0.2, 0.25) is 0 Å². The molecule has 1 aliphatic carbocycles. The molecule has 2 rings (SSSR count). The number of ether oxygens (including phenoxy) is 1. The molecule has 110 valence electrons. The van der Waals surface area contributed by atoms with E-state index >= 15 is 0 Å². The van der Waals surface area contributed by atoms with Crippen LogP contribution in [0.3, 0.4) is 0 Å². The van der Waals surface area contributed by atoms with Crippen LogP contribution in [-0.2, 0) is 4.74 Å². The minimum Gasteiger partial charge on any atom is -0.380 e. The van der Waals surface area contributed by atoms with Gasteiger partial charge in [-0.3, -0.25) is 4.99 Å². The molecule has 0 aromatic carbocycles. The molecule has 1 saturated carbocycles. The van der Waals surface area contributed by atoms with Gasteiger partial charge < -0.3 is 15.4 Å². The van der Waals surface area contributed by atoms with Crippen molar-refractivity contribution in [2.24, 2.45) is 10.4 Å². The van der Waals surface area contributed by atoms with Crippen LogP contribution in [0.1, 0.15) is 33.1 Å². The maximum atomic E-state index is 5.28. The van der Waals surface area contributed by atoms with Crippen molar-refractivity contribution in [1.29, 1.82) is 0 Å². The average molecular weight is 285 g/mol. The maximum Gasteiger partial charge on any atom is 0.191 e. The van der Waals surface area contributed by atoms with Gasteiger partial charge >= 0.3 is 0 Å². The number of hydrogen-bond acceptors (Lipinski definition) is 3. The Morgan fingerprint density at radius 1 is 1.42 bits per heavy atom. The van der Waals surface area contributed by atoms with Gasteiger partial charge in [-0.15, -0.1) is 0 Å². The molecule has 4 nitrogen and oxygen atoms in total. The Labute approximate surface area is 121 Å². The van der Waals surface area contributed by atoms with E-state index in [9.17, 15) is 0 Å². The maximum absolute atomic E-state index is 5.28. The second-order valence-electron chi connectivity index (χ2n) is 6.01. The van der Waals surface area contributed by atoms with Crippen molar-refractivity contribution in [1.82, 2.24) is 10.6 Å². The van der Waals surface area contributed by atoms with E-state index < -0.39 is 0 Å². The second kappa shape index (κ2) is 6.84. The molecule has 2 N–H and O–H groups in total. The topological polar surface area (TPSA) is 45.7 Å². The number of thioether (sulfide) groups is 1. The average Bonchev–Trinajstić information content (AvgIpc) is 2.81. The van der Waals surface area contributed by atoms with E-state index in [0.29, 0.717) is 6.04 Å². The van der Waals surface area contributed by atoms with E-state index in [-0.39, 0.29) is 5.41 Å². The van der Waals surface area contributed by atoms with E-state index in [1.54, 1.807) is 0 Å². The minimum atomic E-state index is 0.250. The number of guanidine groups is 1. The SMILES string of the molecule is CCNC(=NCC1(C)COC1)NC1CCC(SC)C1. The fourth-order valence-electron chi connectivity index (χ4n) is 2.61. The van der Waals surface area contributed by atoms with E-state index in [1.165, 1.54) is 19.3 Å². The smallest absolute Gasteiger partial charge is 0.191 e. The molecule has 5 heteroatoms. The molecule has 19 heavy (non-hydrogen) atoms. The monoisotopic (exact) mass is 285 g/mol. The Morgan fingerprint density at radius 2 is 2.21 bits per heavy atom. The quantitative estimate of drug-likeness (QED) is 0.598. The molecule has 2 fully saturated rings. The van der Waals surface area contributed by atoms with Gasteiger partial charge in [-0.2, -0.15) is 11.8 Å². The summed E-state index contributed by atoms with van der Waals surface area (Å²) in [4.78, 5) is 4.73. The first kappa shape index (κ1) is 15.0. The third-order valence-corrected chi connectivity index (χ3v) is 5.02. The molecule has 0 radical (unpaired) electrons. The summed E-state index contributed by atoms with van der Waals surface area (Å²) in [5, 5.41) is 7.76. The standard InChI is InChI=1S/C14H27N3OS/c1-4-15-13(16-8-14(2)9-18-10-14)17-11-5-6-12(7-11)19-3/h11-12H,4-10H2,1-3H3,(H2,15,16,17). The van der Waals surface area contributed by atoms with Crippen LogP contribution in [0.2, 0.25) is 0 Å². The predicted molar refractivity (Wildman–Crippen MR) is 83.0 cm³/mol. The van der Waals surface area contributed by atoms with Crippen molar-refractivity contribution >= 4 is 17.7 Å². The molecular formula is C14H27N3OS. The highest BCUT2D eigenvalue weighted by Crippen LogP contribution is 2.28. The summed E-state index contributed by atoms with van der Waals surface area (Å²) >= 11 is 1.99. The van der Waals surface area contributed by atoms with Crippen molar-refractivity contribution in [3.63, 3.8) is 0 Å². The fraction of sp³-hybridized carbons (Fsp3) is 0.929. The van der Waals surface area contributed by atoms with Crippen molar-refractivity contribution in [2.75, 3.05) is 32.6 Å². The van der Waals surface area contributed by atoms with E-state index in [1.807, 2.05) is 11.8 Å². The van der Waals surface area contributed by atoms with Gasteiger partial charge in [0.1, 0.15) is 0 Å². The fourth-order valence-corrected chi connectivity index (χ4v) is 3.41. The predicted octanol–water partition coefficient (Wildman–Crippen LogP) is 1.86. The summed E-state index contributed by atoms with van der Waals surface area (Å²) < 4.78 is 5.28. The molecule has 0 spiro atoms. The first-order valence-electron chi connectivity index (χ1n) is 7.30. The molecule has 1 saturated heterocycles. The number of nitrogens with zero attached hydrogens (tertiary/aromatic N) is 1. The van der Waals surface area contributed by atoms with Gasteiger partial charge in [0.05, 0.1) is 19.8 Å². The number of aliphatic imine (C=N–C) groups is 1. The molecule has 0 bridgehead atoms. The number of rotatable bonds is 5. The lowest BCUT2D eigenvalue weighted by Gasteiger charge is -2.36. The normalized spacial score (nSPS) is 29.9. The van der Waals surface area contributed by atoms with Crippen LogP contribution >= 0.6 is 11.8 Å². The van der Waals surface area contributed by atoms with Crippen molar-refractivity contribution < 1.29 is 4.74 Å². The lowest BCUT2D eigenvalue weighted by Crippen LogP contribution is -2.46. The molecule has 2 unspecified atom stereocenters. The van der Waals surface area contributed by atoms with Crippen LogP contribution in [0.5, 0.6) is 0 Å². The Morgan fingerprint density at radius 3 is 2.74 bits per heavy atom. The van der Waals surface area contributed by atoms with Crippen LogP contribution in [0.25, 0.3) is 0 Å². The third-order valence-electron chi connectivity index (χ3n) is 3.92. The third kappa shape index (κ3) is 4.28. The zero-order valence-electron chi connectivity index (χ0n) is 12.4. The van der Waals surface area contributed by atoms with Gasteiger partial charge in [0.25, 0.3) is 0 Å². The molecule has 0 aromatic heterocycles. The first-order chi connectivity index (χ1) is 9.15. The molecule has 2 aliphatic rings. The van der Waals surface area contributed by atoms with Crippen LogP contribution < -0.4 is 10.6 Å². The molecule has 2 atom stereocenters. The number of hydrogen-bond donors (Lipinski definition) is 2. The Hall–Kier alpha value is -0.420. The summed E-state index contributed by atoms with van der Waals surface area (Å²) in [6.07, 6.45) is 6.05. The molecule has 0 aromatic rings. The Balaban J connectivity index is 1.83. The lowest BCUT2D eigenvalue weighted by atomic mass is 9.89. The molecular weight excluding hydrogens is 258 g/mol. The van der Waals surface area contributed by atoms with Gasteiger partial charge in [0, 0.05) is 23.3 Å².